The summed E-state index contributed by atoms with van der Waals surface area (Å²) in [6.07, 6.45) is -0.554. The Hall–Kier alpha value is -1.92. The highest BCUT2D eigenvalue weighted by Gasteiger charge is 2.36. The van der Waals surface area contributed by atoms with Crippen LogP contribution in [0.5, 0.6) is 0 Å². The highest BCUT2D eigenvalue weighted by molar-refractivity contribution is 5.79. The summed E-state index contributed by atoms with van der Waals surface area (Å²) in [4.78, 5) is 24.7. The number of carboxylic acid groups (broad SMARTS) is 1. The number of aliphatic carboxylic acids is 1. The van der Waals surface area contributed by atoms with E-state index in [1.165, 1.54) is 0 Å². The average molecular weight is 349 g/mol. The van der Waals surface area contributed by atoms with Gasteiger partial charge in [0.15, 0.2) is 0 Å². The number of benzene rings is 1. The molecule has 0 saturated carbocycles. The van der Waals surface area contributed by atoms with E-state index in [0.29, 0.717) is 25.8 Å². The van der Waals surface area contributed by atoms with Gasteiger partial charge in [0, 0.05) is 19.0 Å². The molecule has 0 radical (unpaired) electrons. The quantitative estimate of drug-likeness (QED) is 0.631. The summed E-state index contributed by atoms with van der Waals surface area (Å²) < 4.78 is 0. The number of carboxylic acids is 1. The third-order valence-corrected chi connectivity index (χ3v) is 4.82. The molecule has 0 bridgehead atoms. The zero-order valence-corrected chi connectivity index (χ0v) is 14.5. The maximum atomic E-state index is 12.3. The zero-order chi connectivity index (χ0) is 18.4. The SMILES string of the molecule is CC1CC(=O)N(Cc2ccccc2)C1CC[C@H](O)C[C@@H](O)CC(=O)O. The number of carbonyl (C=O) groups is 2. The number of aliphatic hydroxyl groups is 2. The first kappa shape index (κ1) is 19.4. The van der Waals surface area contributed by atoms with E-state index in [4.69, 9.17) is 5.11 Å². The van der Waals surface area contributed by atoms with E-state index in [1.807, 2.05) is 42.2 Å². The molecule has 3 N–H and O–H groups in total. The molecule has 0 aromatic heterocycles. The molecule has 1 amide bonds. The van der Waals surface area contributed by atoms with Gasteiger partial charge in [0.05, 0.1) is 18.6 Å². The van der Waals surface area contributed by atoms with Gasteiger partial charge in [-0.25, -0.2) is 0 Å². The number of nitrogens with zero attached hydrogens (tertiary/aromatic N) is 1. The van der Waals surface area contributed by atoms with Crippen LogP contribution in [0.1, 0.15) is 44.6 Å². The first-order valence-electron chi connectivity index (χ1n) is 8.78. The molecule has 6 heteroatoms. The summed E-state index contributed by atoms with van der Waals surface area (Å²) in [7, 11) is 0. The van der Waals surface area contributed by atoms with Crippen LogP contribution in [0.15, 0.2) is 30.3 Å². The summed E-state index contributed by atoms with van der Waals surface area (Å²) >= 11 is 0. The van der Waals surface area contributed by atoms with Gasteiger partial charge in [0.2, 0.25) is 5.91 Å². The van der Waals surface area contributed by atoms with Crippen LogP contribution in [-0.2, 0) is 16.1 Å². The van der Waals surface area contributed by atoms with Crippen LogP contribution in [0.25, 0.3) is 0 Å². The largest absolute Gasteiger partial charge is 0.481 e. The molecule has 2 rings (SSSR count). The molecule has 4 atom stereocenters. The van der Waals surface area contributed by atoms with Crippen LogP contribution in [0.3, 0.4) is 0 Å². The molecule has 138 valence electrons. The molecular formula is C19H27NO5. The maximum absolute atomic E-state index is 12.3. The Morgan fingerprint density at radius 2 is 1.92 bits per heavy atom. The van der Waals surface area contributed by atoms with Gasteiger partial charge < -0.3 is 20.2 Å². The highest BCUT2D eigenvalue weighted by atomic mass is 16.4. The second kappa shape index (κ2) is 8.97. The van der Waals surface area contributed by atoms with Crippen LogP contribution in [0.4, 0.5) is 0 Å². The minimum absolute atomic E-state index is 0.0417. The molecule has 1 fully saturated rings. The summed E-state index contributed by atoms with van der Waals surface area (Å²) in [5, 5.41) is 28.3. The second-order valence-electron chi connectivity index (χ2n) is 6.97. The first-order valence-corrected chi connectivity index (χ1v) is 8.78. The number of aliphatic hydroxyl groups excluding tert-OH is 2. The van der Waals surface area contributed by atoms with E-state index >= 15 is 0 Å². The average Bonchev–Trinajstić information content (AvgIpc) is 2.79. The van der Waals surface area contributed by atoms with Gasteiger partial charge in [0.1, 0.15) is 0 Å². The van der Waals surface area contributed by atoms with Crippen molar-refractivity contribution in [3.05, 3.63) is 35.9 Å². The highest BCUT2D eigenvalue weighted by Crippen LogP contribution is 2.30. The van der Waals surface area contributed by atoms with E-state index in [1.54, 1.807) is 0 Å². The summed E-state index contributed by atoms with van der Waals surface area (Å²) in [6.45, 7) is 2.60. The molecule has 1 aliphatic rings. The first-order chi connectivity index (χ1) is 11.9. The van der Waals surface area contributed by atoms with Crippen LogP contribution in [0.2, 0.25) is 0 Å². The molecule has 25 heavy (non-hydrogen) atoms. The standard InChI is InChI=1S/C19H27NO5/c1-13-9-18(23)20(12-14-5-3-2-4-6-14)17(13)8-7-15(21)10-16(22)11-19(24)25/h2-6,13,15-17,21-22H,7-12H2,1H3,(H,24,25)/t13?,15-,16+,17?/m0/s1. The van der Waals surface area contributed by atoms with E-state index in [-0.39, 0.29) is 30.7 Å². The Kier molecular flexibility index (Phi) is 6.96. The smallest absolute Gasteiger partial charge is 0.305 e. The Labute approximate surface area is 148 Å². The molecule has 1 saturated heterocycles. The molecule has 0 aliphatic carbocycles. The Balaban J connectivity index is 1.89. The van der Waals surface area contributed by atoms with Crippen LogP contribution < -0.4 is 0 Å². The van der Waals surface area contributed by atoms with Gasteiger partial charge in [-0.05, 0) is 30.7 Å². The fraction of sp³-hybridized carbons (Fsp3) is 0.579. The number of hydrogen-bond donors (Lipinski definition) is 3. The number of likely N-dealkylation sites (tertiary alicyclic amines) is 1. The lowest BCUT2D eigenvalue weighted by Crippen LogP contribution is -2.35. The second-order valence-corrected chi connectivity index (χ2v) is 6.97. The Morgan fingerprint density at radius 3 is 2.56 bits per heavy atom. The third kappa shape index (κ3) is 5.83. The predicted molar refractivity (Wildman–Crippen MR) is 92.7 cm³/mol. The summed E-state index contributed by atoms with van der Waals surface area (Å²) in [5.41, 5.74) is 1.08. The lowest BCUT2D eigenvalue weighted by molar-refractivity contribution is -0.139. The van der Waals surface area contributed by atoms with Crippen LogP contribution in [0, 0.1) is 5.92 Å². The van der Waals surface area contributed by atoms with Gasteiger partial charge in [-0.15, -0.1) is 0 Å². The minimum atomic E-state index is -1.08. The van der Waals surface area contributed by atoms with Crippen molar-refractivity contribution < 1.29 is 24.9 Å². The minimum Gasteiger partial charge on any atom is -0.481 e. The van der Waals surface area contributed by atoms with Crippen molar-refractivity contribution in [1.82, 2.24) is 4.90 Å². The zero-order valence-electron chi connectivity index (χ0n) is 14.5. The van der Waals surface area contributed by atoms with Gasteiger partial charge in [-0.2, -0.15) is 0 Å². The van der Waals surface area contributed by atoms with E-state index in [0.717, 1.165) is 5.56 Å². The molecule has 1 aromatic carbocycles. The number of rotatable bonds is 9. The van der Waals surface area contributed by atoms with Crippen molar-refractivity contribution in [2.45, 2.75) is 63.8 Å². The van der Waals surface area contributed by atoms with Crippen molar-refractivity contribution in [3.8, 4) is 0 Å². The number of hydrogen-bond acceptors (Lipinski definition) is 4. The number of amides is 1. The maximum Gasteiger partial charge on any atom is 0.305 e. The van der Waals surface area contributed by atoms with Crippen molar-refractivity contribution in [2.24, 2.45) is 5.92 Å². The predicted octanol–water partition coefficient (Wildman–Crippen LogP) is 1.79. The monoisotopic (exact) mass is 349 g/mol. The van der Waals surface area contributed by atoms with E-state index in [9.17, 15) is 19.8 Å². The molecule has 0 spiro atoms. The summed E-state index contributed by atoms with van der Waals surface area (Å²) in [6, 6.07) is 9.87. The van der Waals surface area contributed by atoms with Crippen LogP contribution >= 0.6 is 0 Å². The fourth-order valence-electron chi connectivity index (χ4n) is 3.53. The van der Waals surface area contributed by atoms with Crippen molar-refractivity contribution >= 4 is 11.9 Å². The Morgan fingerprint density at radius 1 is 1.24 bits per heavy atom. The van der Waals surface area contributed by atoms with Crippen molar-refractivity contribution in [1.29, 1.82) is 0 Å². The molecule has 1 heterocycles. The van der Waals surface area contributed by atoms with Gasteiger partial charge in [-0.3, -0.25) is 9.59 Å². The third-order valence-electron chi connectivity index (χ3n) is 4.82. The number of carbonyl (C=O) groups excluding carboxylic acids is 1. The molecular weight excluding hydrogens is 322 g/mol. The lowest BCUT2D eigenvalue weighted by atomic mass is 9.95. The Bertz CT molecular complexity index is 576. The van der Waals surface area contributed by atoms with Crippen molar-refractivity contribution in [3.63, 3.8) is 0 Å². The van der Waals surface area contributed by atoms with Gasteiger partial charge in [-0.1, -0.05) is 37.3 Å². The topological polar surface area (TPSA) is 98.1 Å². The fourth-order valence-corrected chi connectivity index (χ4v) is 3.53. The normalized spacial score (nSPS) is 22.8. The molecule has 2 unspecified atom stereocenters. The van der Waals surface area contributed by atoms with Gasteiger partial charge in [0.25, 0.3) is 0 Å². The van der Waals surface area contributed by atoms with Crippen LogP contribution in [-0.4, -0.2) is 50.3 Å². The lowest BCUT2D eigenvalue weighted by Gasteiger charge is -2.28. The summed E-state index contributed by atoms with van der Waals surface area (Å²) in [5.74, 6) is -0.738. The van der Waals surface area contributed by atoms with E-state index in [2.05, 4.69) is 0 Å². The van der Waals surface area contributed by atoms with Gasteiger partial charge >= 0.3 is 5.97 Å². The molecule has 1 aromatic rings. The van der Waals surface area contributed by atoms with Crippen molar-refractivity contribution in [2.75, 3.05) is 0 Å². The molecule has 6 nitrogen and oxygen atoms in total. The molecule has 1 aliphatic heterocycles. The van der Waals surface area contributed by atoms with E-state index < -0.39 is 18.2 Å².